The number of oxazole rings is 3. The lowest BCUT2D eigenvalue weighted by molar-refractivity contribution is 0.426. The van der Waals surface area contributed by atoms with Crippen molar-refractivity contribution >= 4 is 77.7 Å². The molecule has 7 heterocycles. The molecule has 10 aromatic carbocycles. The zero-order valence-electron chi connectivity index (χ0n) is 52.1. The van der Waals surface area contributed by atoms with Crippen molar-refractivity contribution in [3.63, 3.8) is 0 Å². The highest BCUT2D eigenvalue weighted by Crippen LogP contribution is 2.38. The maximum atomic E-state index is 9.02. The van der Waals surface area contributed by atoms with E-state index in [-0.39, 0.29) is 0 Å². The lowest BCUT2D eigenvalue weighted by atomic mass is 9.80. The Bertz CT molecular complexity index is 5490. The molecule has 12 nitrogen and oxygen atoms in total. The molecule has 0 spiro atoms. The van der Waals surface area contributed by atoms with Crippen LogP contribution in [0.2, 0.25) is 0 Å². The minimum absolute atomic E-state index is 0.440. The van der Waals surface area contributed by atoms with Crippen LogP contribution in [0.5, 0.6) is 0 Å². The standard InChI is InChI=1S/C48H30N4O2.C22H14Br2N2.C13H10BNO3/c1-3-10-44-42(8-1)51-47(53-44)37-24-16-33(17-25-37)31-12-20-35(21-13-31)39-28-29-41(40-7-5-6-30-49-40)50-46(39)36-22-14-32(15-23-36)34-18-26-38(27-19-34)48-52-43-9-2-4-11-45(43)54-48;23-17-8-4-15(5-9-17)19-12-13-21(20-3-1-2-14-25-20)26-22(19)16-6-10-18(24)11-7-16;16-14(17)10-7-5-9(6-8-10)13-15-11-3-1-2-4-12(11)18-13/h1-30H;1-14H;1-8,16-17H. The lowest BCUT2D eigenvalue weighted by Crippen LogP contribution is -2.29. The molecule has 0 bridgehead atoms. The fourth-order valence-corrected chi connectivity index (χ4v) is 12.0. The molecule has 0 aliphatic heterocycles. The van der Waals surface area contributed by atoms with Crippen molar-refractivity contribution in [2.24, 2.45) is 0 Å². The van der Waals surface area contributed by atoms with Crippen molar-refractivity contribution < 1.29 is 23.3 Å². The first kappa shape index (κ1) is 62.3. The molecule has 2 N–H and O–H groups in total. The molecule has 0 atom stereocenters. The molecule has 0 unspecified atom stereocenters. The summed E-state index contributed by atoms with van der Waals surface area (Å²) in [5.41, 5.74) is 24.1. The van der Waals surface area contributed by atoms with E-state index in [1.54, 1.807) is 36.7 Å². The van der Waals surface area contributed by atoms with E-state index in [9.17, 15) is 0 Å². The summed E-state index contributed by atoms with van der Waals surface area (Å²) in [6.45, 7) is 0. The number of para-hydroxylation sites is 6. The van der Waals surface area contributed by atoms with E-state index in [2.05, 4.69) is 190 Å². The van der Waals surface area contributed by atoms with Gasteiger partial charge in [-0.2, -0.15) is 0 Å². The van der Waals surface area contributed by atoms with Gasteiger partial charge in [-0.1, -0.05) is 190 Å². The molecule has 17 rings (SSSR count). The number of halogens is 2. The molecule has 0 saturated heterocycles. The zero-order chi connectivity index (χ0) is 66.3. The average Bonchev–Trinajstić information content (AvgIpc) is 1.38. The van der Waals surface area contributed by atoms with Gasteiger partial charge in [0.2, 0.25) is 17.7 Å². The number of aromatic nitrogens is 7. The first-order valence-corrected chi connectivity index (χ1v) is 33.1. The van der Waals surface area contributed by atoms with Crippen LogP contribution in [0, 0.1) is 0 Å². The second-order valence-corrected chi connectivity index (χ2v) is 24.7. The number of hydrogen-bond donors (Lipinski definition) is 2. The van der Waals surface area contributed by atoms with Crippen molar-refractivity contribution in [3.05, 3.63) is 325 Å². The number of hydrogen-bond acceptors (Lipinski definition) is 12. The molecule has 0 aliphatic rings. The Labute approximate surface area is 580 Å². The Balaban J connectivity index is 0.000000146. The van der Waals surface area contributed by atoms with E-state index < -0.39 is 7.12 Å². The van der Waals surface area contributed by atoms with Crippen LogP contribution >= 0.6 is 31.9 Å². The quantitative estimate of drug-likeness (QED) is 0.111. The van der Waals surface area contributed by atoms with Crippen molar-refractivity contribution in [2.75, 3.05) is 0 Å². The van der Waals surface area contributed by atoms with Crippen LogP contribution in [0.25, 0.3) is 157 Å². The van der Waals surface area contributed by atoms with Gasteiger partial charge in [-0.15, -0.1) is 0 Å². The number of pyridine rings is 4. The topological polar surface area (TPSA) is 170 Å². The molecule has 7 aromatic heterocycles. The summed E-state index contributed by atoms with van der Waals surface area (Å²) >= 11 is 7.01. The maximum Gasteiger partial charge on any atom is 0.488 e. The molecule has 0 radical (unpaired) electrons. The highest BCUT2D eigenvalue weighted by Gasteiger charge is 2.18. The summed E-state index contributed by atoms with van der Waals surface area (Å²) in [5, 5.41) is 18.0. The van der Waals surface area contributed by atoms with E-state index in [1.807, 2.05) is 146 Å². The average molecular weight is 1400 g/mol. The Morgan fingerprint density at radius 2 is 0.551 bits per heavy atom. The fourth-order valence-electron chi connectivity index (χ4n) is 11.4. The highest BCUT2D eigenvalue weighted by molar-refractivity contribution is 9.10. The number of rotatable bonds is 12. The fraction of sp³-hybridized carbons (Fsp3) is 0. The Morgan fingerprint density at radius 3 is 0.888 bits per heavy atom. The number of fused-ring (bicyclic) bond motifs is 3. The summed E-state index contributed by atoms with van der Waals surface area (Å²) in [4.78, 5) is 32.8. The van der Waals surface area contributed by atoms with Crippen LogP contribution in [0.4, 0.5) is 0 Å². The van der Waals surface area contributed by atoms with Gasteiger partial charge in [0, 0.05) is 60.3 Å². The predicted octanol–water partition coefficient (Wildman–Crippen LogP) is 20.6. The Kier molecular flexibility index (Phi) is 17.9. The summed E-state index contributed by atoms with van der Waals surface area (Å²) in [7, 11) is -1.46. The second-order valence-electron chi connectivity index (χ2n) is 22.9. The normalized spacial score (nSPS) is 11.1. The van der Waals surface area contributed by atoms with Gasteiger partial charge < -0.3 is 23.3 Å². The van der Waals surface area contributed by atoms with Gasteiger partial charge in [-0.05, 0) is 184 Å². The molecular formula is C83H54BBr2N7O5. The largest absolute Gasteiger partial charge is 0.488 e. The van der Waals surface area contributed by atoms with E-state index >= 15 is 0 Å². The molecule has 0 amide bonds. The minimum Gasteiger partial charge on any atom is -0.436 e. The SMILES string of the molecule is Brc1ccc(-c2ccc(-c3ccccn3)nc2-c2ccc(Br)cc2)cc1.OB(O)c1ccc(-c2nc3ccccc3o2)cc1.c1ccc(-c2ccc(-c3ccc(-c4ccc(-c5nc6ccccc6o5)cc4)cc3)c(-c3ccc(-c4ccc(-c5nc6ccccc6o5)cc4)cc3)n2)nc1. The van der Waals surface area contributed by atoms with Crippen LogP contribution < -0.4 is 5.46 Å². The second kappa shape index (κ2) is 28.2. The van der Waals surface area contributed by atoms with Gasteiger partial charge in [0.1, 0.15) is 16.6 Å². The van der Waals surface area contributed by atoms with Crippen LogP contribution in [0.15, 0.2) is 338 Å². The maximum absolute atomic E-state index is 9.02. The van der Waals surface area contributed by atoms with Gasteiger partial charge in [-0.25, -0.2) is 24.9 Å². The van der Waals surface area contributed by atoms with Gasteiger partial charge in [0.25, 0.3) is 0 Å². The third kappa shape index (κ3) is 13.8. The van der Waals surface area contributed by atoms with Crippen molar-refractivity contribution in [3.8, 4) is 124 Å². The van der Waals surface area contributed by atoms with E-state index in [0.717, 1.165) is 149 Å². The molecule has 468 valence electrons. The number of nitrogens with zero attached hydrogens (tertiary/aromatic N) is 7. The summed E-state index contributed by atoms with van der Waals surface area (Å²) < 4.78 is 19.7. The van der Waals surface area contributed by atoms with Gasteiger partial charge >= 0.3 is 7.12 Å². The lowest BCUT2D eigenvalue weighted by Gasteiger charge is -2.13. The monoisotopic (exact) mass is 1400 g/mol. The predicted molar refractivity (Wildman–Crippen MR) is 398 cm³/mol. The first-order chi connectivity index (χ1) is 48.2. The van der Waals surface area contributed by atoms with Crippen molar-refractivity contribution in [1.29, 1.82) is 0 Å². The summed E-state index contributed by atoms with van der Waals surface area (Å²) in [6, 6.07) is 100. The van der Waals surface area contributed by atoms with E-state index in [0.29, 0.717) is 23.1 Å². The summed E-state index contributed by atoms with van der Waals surface area (Å²) in [6.07, 6.45) is 3.59. The minimum atomic E-state index is -1.46. The third-order valence-electron chi connectivity index (χ3n) is 16.5. The zero-order valence-corrected chi connectivity index (χ0v) is 55.3. The van der Waals surface area contributed by atoms with Crippen LogP contribution in [-0.4, -0.2) is 52.1 Å². The van der Waals surface area contributed by atoms with Gasteiger partial charge in [-0.3, -0.25) is 9.97 Å². The molecule has 15 heteroatoms. The molecule has 0 saturated carbocycles. The van der Waals surface area contributed by atoms with Crippen LogP contribution in [0.3, 0.4) is 0 Å². The van der Waals surface area contributed by atoms with Crippen LogP contribution in [0.1, 0.15) is 0 Å². The molecular weight excluding hydrogens is 1350 g/mol. The first-order valence-electron chi connectivity index (χ1n) is 31.5. The molecule has 17 aromatic rings. The Morgan fingerprint density at radius 1 is 0.255 bits per heavy atom. The van der Waals surface area contributed by atoms with Gasteiger partial charge in [0.15, 0.2) is 16.7 Å². The van der Waals surface area contributed by atoms with Gasteiger partial charge in [0.05, 0.1) is 34.2 Å². The van der Waals surface area contributed by atoms with E-state index in [4.69, 9.17) is 33.3 Å². The Hall–Kier alpha value is -11.8. The van der Waals surface area contributed by atoms with Crippen molar-refractivity contribution in [2.45, 2.75) is 0 Å². The smallest absolute Gasteiger partial charge is 0.436 e. The van der Waals surface area contributed by atoms with E-state index in [1.165, 1.54) is 0 Å². The number of benzene rings is 10. The molecule has 98 heavy (non-hydrogen) atoms. The third-order valence-corrected chi connectivity index (χ3v) is 17.6. The van der Waals surface area contributed by atoms with Crippen molar-refractivity contribution in [1.82, 2.24) is 34.9 Å². The van der Waals surface area contributed by atoms with Crippen LogP contribution in [-0.2, 0) is 0 Å². The summed E-state index contributed by atoms with van der Waals surface area (Å²) in [5.74, 6) is 1.76. The highest BCUT2D eigenvalue weighted by atomic mass is 79.9. The molecule has 0 fully saturated rings. The molecule has 0 aliphatic carbocycles.